The molecule has 2 N–H and O–H groups in total. The molecule has 0 saturated heterocycles. The van der Waals surface area contributed by atoms with Gasteiger partial charge in [0, 0.05) is 11.9 Å². The Morgan fingerprint density at radius 1 is 1.16 bits per heavy atom. The molecule has 0 saturated carbocycles. The van der Waals surface area contributed by atoms with Crippen LogP contribution in [-0.2, 0) is 0 Å². The summed E-state index contributed by atoms with van der Waals surface area (Å²) >= 11 is 0. The largest absolute Gasteiger partial charge is 0.506 e. The van der Waals surface area contributed by atoms with Gasteiger partial charge in [-0.2, -0.15) is 0 Å². The lowest BCUT2D eigenvalue weighted by Gasteiger charge is -2.08. The minimum atomic E-state index is -0.209. The zero-order valence-corrected chi connectivity index (χ0v) is 11.1. The standard InChI is InChI=1S/C16H19NO2/c1-2-3-6-11-17-16(19)14-10-9-12-7-4-5-8-13(12)15(14)18/h4-5,7-10,18H,2-3,6,11H2,1H3,(H,17,19). The number of amides is 1. The Balaban J connectivity index is 2.16. The fraction of sp³-hybridized carbons (Fsp3) is 0.312. The highest BCUT2D eigenvalue weighted by Crippen LogP contribution is 2.28. The smallest absolute Gasteiger partial charge is 0.255 e. The summed E-state index contributed by atoms with van der Waals surface area (Å²) in [6.07, 6.45) is 3.19. The number of benzene rings is 2. The number of unbranched alkanes of at least 4 members (excludes halogenated alkanes) is 2. The lowest BCUT2D eigenvalue weighted by Crippen LogP contribution is -2.24. The Bertz CT molecular complexity index is 578. The maximum atomic E-state index is 12.0. The molecule has 0 aliphatic rings. The number of phenolic OH excluding ortho intramolecular Hbond substituents is 1. The Morgan fingerprint density at radius 3 is 2.74 bits per heavy atom. The topological polar surface area (TPSA) is 49.3 Å². The second kappa shape index (κ2) is 6.23. The lowest BCUT2D eigenvalue weighted by molar-refractivity contribution is 0.0950. The number of fused-ring (bicyclic) bond motifs is 1. The van der Waals surface area contributed by atoms with Crippen molar-refractivity contribution in [1.29, 1.82) is 0 Å². The van der Waals surface area contributed by atoms with Crippen LogP contribution >= 0.6 is 0 Å². The number of carbonyl (C=O) groups excluding carboxylic acids is 1. The number of carbonyl (C=O) groups is 1. The van der Waals surface area contributed by atoms with Gasteiger partial charge in [0.1, 0.15) is 5.75 Å². The summed E-state index contributed by atoms with van der Waals surface area (Å²) in [6.45, 7) is 2.77. The van der Waals surface area contributed by atoms with Crippen LogP contribution < -0.4 is 5.32 Å². The fourth-order valence-electron chi connectivity index (χ4n) is 2.11. The molecule has 0 spiro atoms. The monoisotopic (exact) mass is 257 g/mol. The van der Waals surface area contributed by atoms with Crippen LogP contribution in [0.4, 0.5) is 0 Å². The van der Waals surface area contributed by atoms with Gasteiger partial charge in [-0.05, 0) is 17.9 Å². The van der Waals surface area contributed by atoms with Crippen molar-refractivity contribution in [2.45, 2.75) is 26.2 Å². The van der Waals surface area contributed by atoms with Crippen LogP contribution in [0.2, 0.25) is 0 Å². The van der Waals surface area contributed by atoms with Crippen LogP contribution in [0.3, 0.4) is 0 Å². The molecule has 3 heteroatoms. The first-order valence-corrected chi connectivity index (χ1v) is 6.73. The molecule has 0 unspecified atom stereocenters. The molecule has 1 amide bonds. The Morgan fingerprint density at radius 2 is 1.95 bits per heavy atom. The molecule has 19 heavy (non-hydrogen) atoms. The first kappa shape index (κ1) is 13.4. The van der Waals surface area contributed by atoms with E-state index >= 15 is 0 Å². The number of hydrogen-bond acceptors (Lipinski definition) is 2. The quantitative estimate of drug-likeness (QED) is 0.806. The maximum absolute atomic E-state index is 12.0. The van der Waals surface area contributed by atoms with Gasteiger partial charge in [-0.1, -0.05) is 50.1 Å². The number of hydrogen-bond donors (Lipinski definition) is 2. The van der Waals surface area contributed by atoms with E-state index in [1.807, 2.05) is 30.3 Å². The van der Waals surface area contributed by atoms with E-state index in [-0.39, 0.29) is 11.7 Å². The molecule has 0 radical (unpaired) electrons. The van der Waals surface area contributed by atoms with E-state index < -0.39 is 0 Å². The second-order valence-electron chi connectivity index (χ2n) is 4.65. The summed E-state index contributed by atoms with van der Waals surface area (Å²) in [4.78, 5) is 12.0. The summed E-state index contributed by atoms with van der Waals surface area (Å²) < 4.78 is 0. The van der Waals surface area contributed by atoms with E-state index in [9.17, 15) is 9.90 Å². The second-order valence-corrected chi connectivity index (χ2v) is 4.65. The first-order valence-electron chi connectivity index (χ1n) is 6.73. The van der Waals surface area contributed by atoms with Crippen molar-refractivity contribution < 1.29 is 9.90 Å². The minimum Gasteiger partial charge on any atom is -0.506 e. The van der Waals surface area contributed by atoms with Crippen molar-refractivity contribution in [1.82, 2.24) is 5.32 Å². The molecule has 0 aliphatic heterocycles. The summed E-state index contributed by atoms with van der Waals surface area (Å²) in [5, 5.41) is 14.6. The molecule has 0 heterocycles. The number of phenols is 1. The van der Waals surface area contributed by atoms with Crippen molar-refractivity contribution in [3.05, 3.63) is 42.0 Å². The predicted molar refractivity (Wildman–Crippen MR) is 77.5 cm³/mol. The maximum Gasteiger partial charge on any atom is 0.255 e. The normalized spacial score (nSPS) is 10.6. The molecular formula is C16H19NO2. The summed E-state index contributed by atoms with van der Waals surface area (Å²) in [6, 6.07) is 11.0. The average molecular weight is 257 g/mol. The molecule has 0 aromatic heterocycles. The first-order chi connectivity index (χ1) is 9.24. The van der Waals surface area contributed by atoms with Crippen LogP contribution in [0, 0.1) is 0 Å². The SMILES string of the molecule is CCCCCNC(=O)c1ccc2ccccc2c1O. The molecular weight excluding hydrogens is 238 g/mol. The minimum absolute atomic E-state index is 0.0612. The van der Waals surface area contributed by atoms with Gasteiger partial charge in [-0.15, -0.1) is 0 Å². The highest BCUT2D eigenvalue weighted by atomic mass is 16.3. The Hall–Kier alpha value is -2.03. The third-order valence-electron chi connectivity index (χ3n) is 3.21. The van der Waals surface area contributed by atoms with E-state index in [0.717, 1.165) is 24.6 Å². The van der Waals surface area contributed by atoms with Gasteiger partial charge in [0.15, 0.2) is 0 Å². The highest BCUT2D eigenvalue weighted by molar-refractivity contribution is 6.03. The molecule has 0 atom stereocenters. The van der Waals surface area contributed by atoms with Crippen LogP contribution in [0.1, 0.15) is 36.5 Å². The third-order valence-corrected chi connectivity index (χ3v) is 3.21. The lowest BCUT2D eigenvalue weighted by atomic mass is 10.0. The van der Waals surface area contributed by atoms with Crippen LogP contribution in [0.15, 0.2) is 36.4 Å². The Labute approximate surface area is 113 Å². The van der Waals surface area contributed by atoms with Gasteiger partial charge < -0.3 is 10.4 Å². The Kier molecular flexibility index (Phi) is 4.39. The van der Waals surface area contributed by atoms with Gasteiger partial charge in [0.25, 0.3) is 5.91 Å². The summed E-state index contributed by atoms with van der Waals surface area (Å²) in [5.74, 6) is -0.148. The molecule has 100 valence electrons. The fourth-order valence-corrected chi connectivity index (χ4v) is 2.11. The summed E-state index contributed by atoms with van der Waals surface area (Å²) in [5.41, 5.74) is 0.343. The third kappa shape index (κ3) is 3.05. The van der Waals surface area contributed by atoms with Crippen molar-refractivity contribution in [2.24, 2.45) is 0 Å². The molecule has 2 aromatic rings. The van der Waals surface area contributed by atoms with E-state index in [1.54, 1.807) is 6.07 Å². The van der Waals surface area contributed by atoms with Gasteiger partial charge in [-0.25, -0.2) is 0 Å². The number of nitrogens with one attached hydrogen (secondary N) is 1. The van der Waals surface area contributed by atoms with Crippen molar-refractivity contribution in [2.75, 3.05) is 6.54 Å². The number of rotatable bonds is 5. The molecule has 3 nitrogen and oxygen atoms in total. The molecule has 2 rings (SSSR count). The molecule has 0 aliphatic carbocycles. The van der Waals surface area contributed by atoms with E-state index in [4.69, 9.17) is 0 Å². The van der Waals surface area contributed by atoms with E-state index in [0.29, 0.717) is 17.5 Å². The molecule has 0 bridgehead atoms. The average Bonchev–Trinajstić information content (AvgIpc) is 2.44. The van der Waals surface area contributed by atoms with Crippen molar-refractivity contribution in [3.8, 4) is 5.75 Å². The van der Waals surface area contributed by atoms with Gasteiger partial charge in [0.2, 0.25) is 0 Å². The zero-order valence-electron chi connectivity index (χ0n) is 11.1. The van der Waals surface area contributed by atoms with Crippen molar-refractivity contribution >= 4 is 16.7 Å². The van der Waals surface area contributed by atoms with Crippen LogP contribution in [0.5, 0.6) is 5.75 Å². The predicted octanol–water partition coefficient (Wildman–Crippen LogP) is 3.47. The molecule has 0 fully saturated rings. The van der Waals surface area contributed by atoms with Crippen molar-refractivity contribution in [3.63, 3.8) is 0 Å². The van der Waals surface area contributed by atoms with Gasteiger partial charge in [-0.3, -0.25) is 4.79 Å². The van der Waals surface area contributed by atoms with Crippen LogP contribution in [-0.4, -0.2) is 17.6 Å². The van der Waals surface area contributed by atoms with Gasteiger partial charge in [0.05, 0.1) is 5.56 Å². The van der Waals surface area contributed by atoms with E-state index in [2.05, 4.69) is 12.2 Å². The highest BCUT2D eigenvalue weighted by Gasteiger charge is 2.12. The van der Waals surface area contributed by atoms with Crippen LogP contribution in [0.25, 0.3) is 10.8 Å². The number of aromatic hydroxyl groups is 1. The van der Waals surface area contributed by atoms with E-state index in [1.165, 1.54) is 0 Å². The zero-order chi connectivity index (χ0) is 13.7. The summed E-state index contributed by atoms with van der Waals surface area (Å²) in [7, 11) is 0. The molecule has 2 aromatic carbocycles. The van der Waals surface area contributed by atoms with Gasteiger partial charge >= 0.3 is 0 Å².